The predicted molar refractivity (Wildman–Crippen MR) is 74.6 cm³/mol. The highest BCUT2D eigenvalue weighted by atomic mass is 16.5. The lowest BCUT2D eigenvalue weighted by molar-refractivity contribution is 0.0515. The fourth-order valence-corrected chi connectivity index (χ4v) is 1.84. The van der Waals surface area contributed by atoms with Gasteiger partial charge in [-0.15, -0.1) is 5.10 Å². The Morgan fingerprint density at radius 2 is 1.90 bits per heavy atom. The molecule has 0 radical (unpaired) electrons. The lowest BCUT2D eigenvalue weighted by atomic mass is 10.2. The first kappa shape index (κ1) is 14.8. The molecule has 2 aromatic rings. The summed E-state index contributed by atoms with van der Waals surface area (Å²) in [6.07, 6.45) is 0. The summed E-state index contributed by atoms with van der Waals surface area (Å²) in [4.78, 5) is 11.7. The molecule has 0 saturated heterocycles. The van der Waals surface area contributed by atoms with Crippen molar-refractivity contribution >= 4 is 5.97 Å². The lowest BCUT2D eigenvalue weighted by Gasteiger charge is -2.07. The SMILES string of the molecule is CCOC(=O)c1nnn(Cc2ccc(OC)cc2)c1OC. The first-order valence-corrected chi connectivity index (χ1v) is 6.47. The monoisotopic (exact) mass is 291 g/mol. The van der Waals surface area contributed by atoms with Gasteiger partial charge in [0.1, 0.15) is 5.75 Å². The van der Waals surface area contributed by atoms with E-state index in [9.17, 15) is 4.79 Å². The molecule has 7 heteroatoms. The molecule has 0 unspecified atom stereocenters. The minimum atomic E-state index is -0.546. The van der Waals surface area contributed by atoms with Gasteiger partial charge >= 0.3 is 5.97 Å². The molecule has 0 N–H and O–H groups in total. The fraction of sp³-hybridized carbons (Fsp3) is 0.357. The molecule has 0 atom stereocenters. The summed E-state index contributed by atoms with van der Waals surface area (Å²) >= 11 is 0. The van der Waals surface area contributed by atoms with Crippen molar-refractivity contribution in [2.45, 2.75) is 13.5 Å². The molecule has 7 nitrogen and oxygen atoms in total. The van der Waals surface area contributed by atoms with Crippen molar-refractivity contribution in [2.75, 3.05) is 20.8 Å². The van der Waals surface area contributed by atoms with E-state index in [1.54, 1.807) is 14.0 Å². The highest BCUT2D eigenvalue weighted by Gasteiger charge is 2.21. The van der Waals surface area contributed by atoms with Crippen LogP contribution in [-0.2, 0) is 11.3 Å². The third kappa shape index (κ3) is 3.31. The number of hydrogen-bond acceptors (Lipinski definition) is 6. The smallest absolute Gasteiger partial charge is 0.364 e. The van der Waals surface area contributed by atoms with Crippen molar-refractivity contribution in [3.05, 3.63) is 35.5 Å². The number of carbonyl (C=O) groups excluding carboxylic acids is 1. The molecule has 0 aliphatic carbocycles. The maximum Gasteiger partial charge on any atom is 0.364 e. The van der Waals surface area contributed by atoms with Crippen molar-refractivity contribution in [2.24, 2.45) is 0 Å². The van der Waals surface area contributed by atoms with Gasteiger partial charge < -0.3 is 14.2 Å². The average molecular weight is 291 g/mol. The third-order valence-corrected chi connectivity index (χ3v) is 2.84. The number of benzene rings is 1. The maximum atomic E-state index is 11.7. The molecule has 0 fully saturated rings. The highest BCUT2D eigenvalue weighted by Crippen LogP contribution is 2.19. The van der Waals surface area contributed by atoms with E-state index in [2.05, 4.69) is 10.3 Å². The van der Waals surface area contributed by atoms with Crippen LogP contribution in [0.5, 0.6) is 11.6 Å². The Kier molecular flexibility index (Phi) is 4.76. The Balaban J connectivity index is 2.21. The normalized spacial score (nSPS) is 10.2. The van der Waals surface area contributed by atoms with Gasteiger partial charge in [-0.3, -0.25) is 0 Å². The molecule has 1 aromatic carbocycles. The van der Waals surface area contributed by atoms with Gasteiger partial charge in [-0.05, 0) is 24.6 Å². The van der Waals surface area contributed by atoms with E-state index in [0.29, 0.717) is 6.54 Å². The van der Waals surface area contributed by atoms with Crippen LogP contribution in [0.25, 0.3) is 0 Å². The van der Waals surface area contributed by atoms with Gasteiger partial charge in [-0.25, -0.2) is 9.48 Å². The van der Waals surface area contributed by atoms with Crippen LogP contribution >= 0.6 is 0 Å². The van der Waals surface area contributed by atoms with Crippen molar-refractivity contribution < 1.29 is 19.0 Å². The summed E-state index contributed by atoms with van der Waals surface area (Å²) in [5.41, 5.74) is 1.06. The number of nitrogens with zero attached hydrogens (tertiary/aromatic N) is 3. The van der Waals surface area contributed by atoms with E-state index in [-0.39, 0.29) is 18.2 Å². The van der Waals surface area contributed by atoms with E-state index in [0.717, 1.165) is 11.3 Å². The van der Waals surface area contributed by atoms with E-state index in [1.165, 1.54) is 11.8 Å². The third-order valence-electron chi connectivity index (χ3n) is 2.84. The van der Waals surface area contributed by atoms with Gasteiger partial charge in [0.2, 0.25) is 11.6 Å². The molecule has 0 amide bonds. The number of methoxy groups -OCH3 is 2. The Morgan fingerprint density at radius 3 is 2.48 bits per heavy atom. The number of rotatable bonds is 6. The summed E-state index contributed by atoms with van der Waals surface area (Å²) < 4.78 is 16.7. The minimum absolute atomic E-state index is 0.0767. The molecule has 1 heterocycles. The van der Waals surface area contributed by atoms with Crippen LogP contribution in [0.2, 0.25) is 0 Å². The molecule has 0 saturated carbocycles. The second-order valence-corrected chi connectivity index (χ2v) is 4.17. The molecule has 21 heavy (non-hydrogen) atoms. The van der Waals surface area contributed by atoms with Gasteiger partial charge in [0.05, 0.1) is 27.4 Å². The molecule has 0 aliphatic heterocycles. The van der Waals surface area contributed by atoms with Crippen LogP contribution in [0.1, 0.15) is 23.0 Å². The summed E-state index contributed by atoms with van der Waals surface area (Å²) in [7, 11) is 3.08. The van der Waals surface area contributed by atoms with Crippen molar-refractivity contribution in [1.82, 2.24) is 15.0 Å². The lowest BCUT2D eigenvalue weighted by Crippen LogP contribution is -2.09. The van der Waals surface area contributed by atoms with Crippen LogP contribution in [0.15, 0.2) is 24.3 Å². The van der Waals surface area contributed by atoms with Gasteiger partial charge in [0.15, 0.2) is 0 Å². The van der Waals surface area contributed by atoms with Gasteiger partial charge in [0.25, 0.3) is 0 Å². The van der Waals surface area contributed by atoms with Crippen LogP contribution in [0.4, 0.5) is 0 Å². The Bertz CT molecular complexity index is 607. The summed E-state index contributed by atoms with van der Waals surface area (Å²) in [6.45, 7) is 2.43. The first-order chi connectivity index (χ1) is 10.2. The Morgan fingerprint density at radius 1 is 1.19 bits per heavy atom. The summed E-state index contributed by atoms with van der Waals surface area (Å²) in [6, 6.07) is 7.52. The topological polar surface area (TPSA) is 75.5 Å². The zero-order valence-electron chi connectivity index (χ0n) is 12.2. The van der Waals surface area contributed by atoms with Gasteiger partial charge in [0, 0.05) is 0 Å². The number of hydrogen-bond donors (Lipinski definition) is 0. The Labute approximate surface area is 122 Å². The number of aromatic nitrogens is 3. The van der Waals surface area contributed by atoms with Crippen LogP contribution in [0.3, 0.4) is 0 Å². The van der Waals surface area contributed by atoms with Crippen molar-refractivity contribution in [3.63, 3.8) is 0 Å². The van der Waals surface area contributed by atoms with Crippen LogP contribution in [0, 0.1) is 0 Å². The van der Waals surface area contributed by atoms with Crippen LogP contribution < -0.4 is 9.47 Å². The molecule has 0 aliphatic rings. The van der Waals surface area contributed by atoms with E-state index in [4.69, 9.17) is 14.2 Å². The standard InChI is InChI=1S/C14H17N3O4/c1-4-21-14(18)12-13(20-3)17(16-15-12)9-10-5-7-11(19-2)8-6-10/h5-8H,4,9H2,1-3H3. The molecule has 1 aromatic heterocycles. The number of esters is 1. The zero-order chi connectivity index (χ0) is 15.2. The van der Waals surface area contributed by atoms with Gasteiger partial charge in [-0.1, -0.05) is 17.3 Å². The zero-order valence-corrected chi connectivity index (χ0v) is 12.2. The highest BCUT2D eigenvalue weighted by molar-refractivity contribution is 5.89. The first-order valence-electron chi connectivity index (χ1n) is 6.47. The van der Waals surface area contributed by atoms with E-state index in [1.807, 2.05) is 24.3 Å². The number of carbonyl (C=O) groups is 1. The molecule has 112 valence electrons. The van der Waals surface area contributed by atoms with Crippen LogP contribution in [-0.4, -0.2) is 41.8 Å². The largest absolute Gasteiger partial charge is 0.497 e. The molecule has 0 bridgehead atoms. The van der Waals surface area contributed by atoms with E-state index < -0.39 is 5.97 Å². The predicted octanol–water partition coefficient (Wildman–Crippen LogP) is 1.52. The summed E-state index contributed by atoms with van der Waals surface area (Å²) in [5, 5.41) is 7.76. The molecular weight excluding hydrogens is 274 g/mol. The van der Waals surface area contributed by atoms with Gasteiger partial charge in [-0.2, -0.15) is 0 Å². The second kappa shape index (κ2) is 6.74. The van der Waals surface area contributed by atoms with E-state index >= 15 is 0 Å². The fourth-order valence-electron chi connectivity index (χ4n) is 1.84. The molecular formula is C14H17N3O4. The Hall–Kier alpha value is -2.57. The average Bonchev–Trinajstić information content (AvgIpc) is 2.91. The maximum absolute atomic E-state index is 11.7. The van der Waals surface area contributed by atoms with Crippen molar-refractivity contribution in [3.8, 4) is 11.6 Å². The number of ether oxygens (including phenoxy) is 3. The molecule has 0 spiro atoms. The summed E-state index contributed by atoms with van der Waals surface area (Å²) in [5.74, 6) is 0.510. The second-order valence-electron chi connectivity index (χ2n) is 4.17. The minimum Gasteiger partial charge on any atom is -0.497 e. The van der Waals surface area contributed by atoms with Crippen molar-refractivity contribution in [1.29, 1.82) is 0 Å². The quantitative estimate of drug-likeness (QED) is 0.751. The molecule has 2 rings (SSSR count).